The van der Waals surface area contributed by atoms with Gasteiger partial charge in [0.1, 0.15) is 45.5 Å². The van der Waals surface area contributed by atoms with Crippen LogP contribution in [0.2, 0.25) is 0 Å². The predicted molar refractivity (Wildman–Crippen MR) is 351 cm³/mol. The van der Waals surface area contributed by atoms with Gasteiger partial charge >= 0.3 is 0 Å². The highest BCUT2D eigenvalue weighted by molar-refractivity contribution is 9.11. The Hall–Kier alpha value is -8.64. The standard InChI is InChI=1S/C24H24BrN7O.C16H16BrN7.C9H6BrN3.C7H12N4O.4CH4/c1-5-31-21(10-14(2)29-31)23-26-24(20-12-17(25)11-19-15(3)27-28-22(19)20)32(30-23)13-16-6-8-18(33-4)9-7-16;1-4-24-13(5-8(2)23-24)16-18-15(21-22-16)12-7-10(17)6-11-9(3)19-20-14(11)12;1-5-8-3-7(10)2-6(4-11)9(8)13-12-5;1-3-11-6(7(12)9-8)4-5(2)10-11;;;;/h6-12H,5,13H2,1-4H3,(H,27,28);5-7H,4H2,1-3H3,(H,19,20)(H,18,21,22);2-3H,1H3,(H,12,13);4H,3,8H2,1-2H3,(H,9,12);4*1H4. The second-order valence-electron chi connectivity index (χ2n) is 18.9. The van der Waals surface area contributed by atoms with Crippen LogP contribution < -0.4 is 16.0 Å². The number of nitrogens with one attached hydrogen (secondary N) is 5. The number of amides is 1. The Kier molecular flexibility index (Phi) is 23.3. The summed E-state index contributed by atoms with van der Waals surface area (Å²) >= 11 is 10.6. The van der Waals surface area contributed by atoms with E-state index in [1.807, 2.05) is 123 Å². The first-order valence-electron chi connectivity index (χ1n) is 25.9. The minimum Gasteiger partial charge on any atom is -0.497 e. The fourth-order valence-electron chi connectivity index (χ4n) is 9.19. The number of aromatic amines is 4. The Morgan fingerprint density at radius 2 is 1.07 bits per heavy atom. The molecule has 7 N–H and O–H groups in total. The van der Waals surface area contributed by atoms with Crippen LogP contribution >= 0.6 is 47.8 Å². The predicted octanol–water partition coefficient (Wildman–Crippen LogP) is 13.6. The molecule has 0 bridgehead atoms. The molecule has 8 aromatic heterocycles. The number of methoxy groups -OCH3 is 1. The van der Waals surface area contributed by atoms with Gasteiger partial charge in [0, 0.05) is 71.9 Å². The highest BCUT2D eigenvalue weighted by Gasteiger charge is 2.22. The normalized spacial score (nSPS) is 10.5. The largest absolute Gasteiger partial charge is 0.497 e. The molecule has 0 radical (unpaired) electrons. The van der Waals surface area contributed by atoms with Crippen molar-refractivity contribution >= 4 is 86.4 Å². The van der Waals surface area contributed by atoms with E-state index in [1.165, 1.54) is 0 Å². The summed E-state index contributed by atoms with van der Waals surface area (Å²) in [5.41, 5.74) is 16.1. The molecule has 12 rings (SSSR count). The van der Waals surface area contributed by atoms with Crippen LogP contribution in [0.4, 0.5) is 0 Å². The molecule has 0 spiro atoms. The van der Waals surface area contributed by atoms with Crippen LogP contribution in [0.25, 0.3) is 78.5 Å². The summed E-state index contributed by atoms with van der Waals surface area (Å²) < 4.78 is 15.5. The van der Waals surface area contributed by atoms with Gasteiger partial charge < -0.3 is 4.74 Å². The van der Waals surface area contributed by atoms with E-state index in [9.17, 15) is 4.79 Å². The summed E-state index contributed by atoms with van der Waals surface area (Å²) in [5.74, 6) is 8.22. The zero-order valence-electron chi connectivity index (χ0n) is 46.6. The van der Waals surface area contributed by atoms with E-state index in [-0.39, 0.29) is 35.6 Å². The zero-order valence-corrected chi connectivity index (χ0v) is 51.3. The molecule has 4 aromatic carbocycles. The van der Waals surface area contributed by atoms with Crippen molar-refractivity contribution in [1.29, 1.82) is 5.26 Å². The van der Waals surface area contributed by atoms with E-state index in [0.29, 0.717) is 41.8 Å². The third kappa shape index (κ3) is 14.5. The molecular weight excluding hydrogens is 1290 g/mol. The number of nitrogens with zero attached hydrogens (tertiary/aromatic N) is 15. The van der Waals surface area contributed by atoms with Gasteiger partial charge in [-0.3, -0.25) is 44.7 Å². The number of nitrogen functional groups attached to an aromatic ring is 1. The number of hydrogen-bond acceptors (Lipinski definition) is 14. The molecule has 12 aromatic rings. The van der Waals surface area contributed by atoms with Crippen LogP contribution in [0.5, 0.6) is 5.75 Å². The van der Waals surface area contributed by atoms with E-state index in [2.05, 4.69) is 140 Å². The number of benzene rings is 4. The maximum absolute atomic E-state index is 11.1. The number of fused-ring (bicyclic) bond motifs is 3. The maximum atomic E-state index is 11.1. The summed E-state index contributed by atoms with van der Waals surface area (Å²) in [6.45, 7) is 20.5. The topological polar surface area (TPSA) is 300 Å². The summed E-state index contributed by atoms with van der Waals surface area (Å²) in [5, 5.41) is 59.4. The molecule has 0 atom stereocenters. The summed E-state index contributed by atoms with van der Waals surface area (Å²) in [6.07, 6.45) is 0. The molecular formula is C60H74Br3N21O2. The number of rotatable bonds is 11. The van der Waals surface area contributed by atoms with Gasteiger partial charge in [-0.15, -0.1) is 5.10 Å². The smallest absolute Gasteiger partial charge is 0.283 e. The van der Waals surface area contributed by atoms with Crippen LogP contribution in [-0.4, -0.2) is 103 Å². The Bertz CT molecular complexity index is 4300. The third-order valence-corrected chi connectivity index (χ3v) is 14.5. The van der Waals surface area contributed by atoms with Crippen LogP contribution in [0, 0.1) is 52.9 Å². The van der Waals surface area contributed by atoms with Crippen molar-refractivity contribution < 1.29 is 9.53 Å². The number of hydrazine groups is 1. The molecule has 8 heterocycles. The average molecular weight is 1360 g/mol. The van der Waals surface area contributed by atoms with Crippen LogP contribution in [-0.2, 0) is 26.2 Å². The number of carbonyl (C=O) groups excluding carboxylic acids is 1. The lowest BCUT2D eigenvalue weighted by Gasteiger charge is -2.08. The third-order valence-electron chi connectivity index (χ3n) is 13.1. The SMILES string of the molecule is C.C.C.C.CCn1nc(C)cc1-c1nc(-c2cc(Br)cc3c(C)[nH]nc23)n(Cc2ccc(OC)cc2)n1.CCn1nc(C)cc1-c1nc(-c2cc(Br)cc3c(C)[nH]nc23)n[nH]1.CCn1nc(C)cc1C(=O)NN.Cc1[nH]nc2c(C#N)cc(Br)cc12. The maximum Gasteiger partial charge on any atom is 0.283 e. The Morgan fingerprint density at radius 3 is 1.62 bits per heavy atom. The second-order valence-corrected chi connectivity index (χ2v) is 21.7. The highest BCUT2D eigenvalue weighted by Crippen LogP contribution is 2.35. The van der Waals surface area contributed by atoms with Gasteiger partial charge in [0.05, 0.1) is 41.9 Å². The molecule has 0 unspecified atom stereocenters. The molecule has 0 saturated carbocycles. The van der Waals surface area contributed by atoms with Crippen molar-refractivity contribution in [3.8, 4) is 57.6 Å². The highest BCUT2D eigenvalue weighted by atomic mass is 79.9. The molecule has 452 valence electrons. The number of nitriles is 1. The van der Waals surface area contributed by atoms with Gasteiger partial charge in [-0.1, -0.05) is 89.6 Å². The number of ether oxygens (including phenoxy) is 1. The Morgan fingerprint density at radius 1 is 0.581 bits per heavy atom. The number of hydrogen-bond donors (Lipinski definition) is 6. The van der Waals surface area contributed by atoms with E-state index in [1.54, 1.807) is 23.9 Å². The number of carbonyl (C=O) groups is 1. The van der Waals surface area contributed by atoms with Crippen molar-refractivity contribution in [2.24, 2.45) is 5.84 Å². The fraction of sp³-hybridized carbons (Fsp3) is 0.300. The van der Waals surface area contributed by atoms with E-state index in [0.717, 1.165) is 133 Å². The van der Waals surface area contributed by atoms with Gasteiger partial charge in [-0.2, -0.15) is 41.0 Å². The Balaban J connectivity index is 0.000000223. The van der Waals surface area contributed by atoms with Gasteiger partial charge in [0.2, 0.25) is 0 Å². The molecule has 1 amide bonds. The second kappa shape index (κ2) is 29.4. The van der Waals surface area contributed by atoms with Crippen LogP contribution in [0.15, 0.2) is 92.3 Å². The zero-order chi connectivity index (χ0) is 58.5. The number of H-pyrrole nitrogens is 4. The molecule has 23 nitrogen and oxygen atoms in total. The van der Waals surface area contributed by atoms with Gasteiger partial charge in [0.25, 0.3) is 5.91 Å². The lowest BCUT2D eigenvalue weighted by molar-refractivity contribution is 0.0943. The number of aromatic nitrogens is 18. The van der Waals surface area contributed by atoms with Gasteiger partial charge in [0.15, 0.2) is 23.3 Å². The fourth-order valence-corrected chi connectivity index (χ4v) is 10.6. The lowest BCUT2D eigenvalue weighted by atomic mass is 10.1. The molecule has 0 saturated heterocycles. The van der Waals surface area contributed by atoms with Crippen LogP contribution in [0.1, 0.15) is 106 Å². The monoisotopic (exact) mass is 1360 g/mol. The summed E-state index contributed by atoms with van der Waals surface area (Å²) in [4.78, 5) is 20.8. The summed E-state index contributed by atoms with van der Waals surface area (Å²) in [7, 11) is 1.67. The first-order valence-corrected chi connectivity index (χ1v) is 28.3. The molecule has 86 heavy (non-hydrogen) atoms. The molecule has 0 aliphatic heterocycles. The quantitative estimate of drug-likeness (QED) is 0.0399. The first kappa shape index (κ1) is 68.1. The lowest BCUT2D eigenvalue weighted by Crippen LogP contribution is -2.31. The number of nitrogens with two attached hydrogens (primary N) is 1. The molecule has 0 fully saturated rings. The van der Waals surface area contributed by atoms with E-state index < -0.39 is 0 Å². The molecule has 26 heteroatoms. The van der Waals surface area contributed by atoms with E-state index >= 15 is 0 Å². The van der Waals surface area contributed by atoms with Crippen molar-refractivity contribution in [3.63, 3.8) is 0 Å². The molecule has 0 aliphatic rings. The minimum absolute atomic E-state index is 0. The summed E-state index contributed by atoms with van der Waals surface area (Å²) in [6, 6.07) is 27.7. The first-order chi connectivity index (χ1) is 39.4. The number of aryl methyl sites for hydroxylation is 9. The van der Waals surface area contributed by atoms with Crippen molar-refractivity contribution in [2.45, 2.75) is 118 Å². The minimum atomic E-state index is -0.308. The van der Waals surface area contributed by atoms with Crippen molar-refractivity contribution in [3.05, 3.63) is 143 Å². The Labute approximate surface area is 525 Å². The van der Waals surface area contributed by atoms with Gasteiger partial charge in [-0.25, -0.2) is 20.5 Å². The van der Waals surface area contributed by atoms with E-state index in [4.69, 9.17) is 25.9 Å². The number of halogens is 3. The van der Waals surface area contributed by atoms with Crippen molar-refractivity contribution in [2.75, 3.05) is 7.11 Å². The van der Waals surface area contributed by atoms with Gasteiger partial charge in [-0.05, 0) is 135 Å². The van der Waals surface area contributed by atoms with Crippen LogP contribution in [0.3, 0.4) is 0 Å². The average Bonchev–Trinajstić information content (AvgIpc) is 1.85. The molecule has 0 aliphatic carbocycles. The van der Waals surface area contributed by atoms with Crippen molar-refractivity contribution in [1.82, 2.24) is 95.3 Å².